The van der Waals surface area contributed by atoms with Crippen LogP contribution in [0.25, 0.3) is 0 Å². The highest BCUT2D eigenvalue weighted by Gasteiger charge is 2.19. The number of carbonyl (C=O) groups is 2. The SMILES string of the molecule is CC(=O)c1sc(N2CCNC(=O)CC2)nc1C. The number of anilines is 1. The summed E-state index contributed by atoms with van der Waals surface area (Å²) in [4.78, 5) is 29.8. The van der Waals surface area contributed by atoms with Gasteiger partial charge in [-0.15, -0.1) is 0 Å². The van der Waals surface area contributed by atoms with E-state index in [1.165, 1.54) is 11.3 Å². The van der Waals surface area contributed by atoms with Crippen LogP contribution in [0.1, 0.15) is 28.7 Å². The molecular formula is C11H15N3O2S. The summed E-state index contributed by atoms with van der Waals surface area (Å²) in [6, 6.07) is 0. The van der Waals surface area contributed by atoms with E-state index in [-0.39, 0.29) is 11.7 Å². The summed E-state index contributed by atoms with van der Waals surface area (Å²) in [5, 5.41) is 3.65. The summed E-state index contributed by atoms with van der Waals surface area (Å²) >= 11 is 1.41. The Morgan fingerprint density at radius 2 is 2.24 bits per heavy atom. The normalized spacial score (nSPS) is 16.6. The highest BCUT2D eigenvalue weighted by molar-refractivity contribution is 7.17. The number of ketones is 1. The number of nitrogens with zero attached hydrogens (tertiary/aromatic N) is 2. The number of amides is 1. The lowest BCUT2D eigenvalue weighted by Crippen LogP contribution is -2.28. The molecule has 1 N–H and O–H groups in total. The van der Waals surface area contributed by atoms with Crippen molar-refractivity contribution in [1.29, 1.82) is 0 Å². The fraction of sp³-hybridized carbons (Fsp3) is 0.545. The smallest absolute Gasteiger partial charge is 0.221 e. The van der Waals surface area contributed by atoms with Gasteiger partial charge in [-0.3, -0.25) is 9.59 Å². The molecule has 92 valence electrons. The number of hydrogen-bond donors (Lipinski definition) is 1. The molecule has 0 unspecified atom stereocenters. The Morgan fingerprint density at radius 3 is 2.88 bits per heavy atom. The molecule has 2 heterocycles. The molecule has 2 rings (SSSR count). The van der Waals surface area contributed by atoms with Crippen molar-refractivity contribution in [1.82, 2.24) is 10.3 Å². The first-order chi connectivity index (χ1) is 8.08. The van der Waals surface area contributed by atoms with Crippen LogP contribution in [0.5, 0.6) is 0 Å². The molecule has 1 aromatic heterocycles. The quantitative estimate of drug-likeness (QED) is 0.798. The molecule has 0 bridgehead atoms. The summed E-state index contributed by atoms with van der Waals surface area (Å²) in [5.74, 6) is 0.128. The van der Waals surface area contributed by atoms with E-state index >= 15 is 0 Å². The van der Waals surface area contributed by atoms with Gasteiger partial charge in [0.15, 0.2) is 10.9 Å². The first-order valence-corrected chi connectivity index (χ1v) is 6.39. The van der Waals surface area contributed by atoms with Crippen molar-refractivity contribution in [3.05, 3.63) is 10.6 Å². The molecule has 0 spiro atoms. The van der Waals surface area contributed by atoms with Crippen molar-refractivity contribution in [2.75, 3.05) is 24.5 Å². The van der Waals surface area contributed by atoms with Crippen LogP contribution in [0.2, 0.25) is 0 Å². The molecule has 0 saturated carbocycles. The van der Waals surface area contributed by atoms with Gasteiger partial charge < -0.3 is 10.2 Å². The average Bonchev–Trinajstić information content (AvgIpc) is 2.52. The van der Waals surface area contributed by atoms with E-state index in [1.54, 1.807) is 6.92 Å². The minimum Gasteiger partial charge on any atom is -0.354 e. The average molecular weight is 253 g/mol. The van der Waals surface area contributed by atoms with E-state index in [0.717, 1.165) is 17.4 Å². The van der Waals surface area contributed by atoms with Crippen LogP contribution in [0.3, 0.4) is 0 Å². The number of thiazole rings is 1. The molecule has 0 atom stereocenters. The van der Waals surface area contributed by atoms with Crippen molar-refractivity contribution in [2.45, 2.75) is 20.3 Å². The van der Waals surface area contributed by atoms with Gasteiger partial charge in [0.2, 0.25) is 5.91 Å². The largest absolute Gasteiger partial charge is 0.354 e. The molecule has 1 aromatic rings. The Bertz CT molecular complexity index is 456. The Morgan fingerprint density at radius 1 is 1.47 bits per heavy atom. The molecule has 6 heteroatoms. The summed E-state index contributed by atoms with van der Waals surface area (Å²) in [6.07, 6.45) is 0.480. The molecule has 0 aliphatic carbocycles. The standard InChI is InChI=1S/C11H15N3O2S/c1-7-10(8(2)15)17-11(13-7)14-5-3-9(16)12-4-6-14/h3-6H2,1-2H3,(H,12,16). The van der Waals surface area contributed by atoms with Crippen molar-refractivity contribution in [3.63, 3.8) is 0 Å². The Hall–Kier alpha value is -1.43. The van der Waals surface area contributed by atoms with E-state index in [4.69, 9.17) is 0 Å². The maximum Gasteiger partial charge on any atom is 0.221 e. The van der Waals surface area contributed by atoms with Crippen LogP contribution in [0.4, 0.5) is 5.13 Å². The summed E-state index contributed by atoms with van der Waals surface area (Å²) < 4.78 is 0. The lowest BCUT2D eigenvalue weighted by molar-refractivity contribution is -0.120. The first-order valence-electron chi connectivity index (χ1n) is 5.58. The zero-order valence-corrected chi connectivity index (χ0v) is 10.8. The van der Waals surface area contributed by atoms with Gasteiger partial charge in [-0.25, -0.2) is 4.98 Å². The highest BCUT2D eigenvalue weighted by atomic mass is 32.1. The number of carbonyl (C=O) groups excluding carboxylic acids is 2. The molecular weight excluding hydrogens is 238 g/mol. The van der Waals surface area contributed by atoms with Crippen LogP contribution in [-0.2, 0) is 4.79 Å². The number of aryl methyl sites for hydroxylation is 1. The van der Waals surface area contributed by atoms with E-state index < -0.39 is 0 Å². The van der Waals surface area contributed by atoms with Gasteiger partial charge in [0.05, 0.1) is 10.6 Å². The number of Topliss-reactive ketones (excluding diaryl/α,β-unsaturated/α-hetero) is 1. The monoisotopic (exact) mass is 253 g/mol. The van der Waals surface area contributed by atoms with E-state index in [1.807, 2.05) is 6.92 Å². The third-order valence-electron chi connectivity index (χ3n) is 2.69. The van der Waals surface area contributed by atoms with E-state index in [0.29, 0.717) is 24.4 Å². The molecule has 1 saturated heterocycles. The van der Waals surface area contributed by atoms with Crippen LogP contribution in [0, 0.1) is 6.92 Å². The molecule has 1 amide bonds. The van der Waals surface area contributed by atoms with Gasteiger partial charge in [0.25, 0.3) is 0 Å². The topological polar surface area (TPSA) is 62.3 Å². The van der Waals surface area contributed by atoms with Crippen molar-refractivity contribution >= 4 is 28.2 Å². The third-order valence-corrected chi connectivity index (χ3v) is 4.01. The maximum absolute atomic E-state index is 11.4. The zero-order valence-electron chi connectivity index (χ0n) is 9.95. The first kappa shape index (κ1) is 12.0. The van der Waals surface area contributed by atoms with Crippen molar-refractivity contribution in [2.24, 2.45) is 0 Å². The maximum atomic E-state index is 11.4. The Kier molecular flexibility index (Phi) is 3.42. The lowest BCUT2D eigenvalue weighted by Gasteiger charge is -2.17. The number of rotatable bonds is 2. The van der Waals surface area contributed by atoms with Gasteiger partial charge in [0.1, 0.15) is 0 Å². The van der Waals surface area contributed by atoms with Crippen LogP contribution >= 0.6 is 11.3 Å². The number of hydrogen-bond acceptors (Lipinski definition) is 5. The van der Waals surface area contributed by atoms with Gasteiger partial charge in [-0.05, 0) is 6.92 Å². The third kappa shape index (κ3) is 2.63. The Balaban J connectivity index is 2.19. The van der Waals surface area contributed by atoms with Crippen molar-refractivity contribution < 1.29 is 9.59 Å². The highest BCUT2D eigenvalue weighted by Crippen LogP contribution is 2.26. The van der Waals surface area contributed by atoms with E-state index in [2.05, 4.69) is 15.2 Å². The lowest BCUT2D eigenvalue weighted by atomic mass is 10.3. The second kappa shape index (κ2) is 4.83. The number of nitrogens with one attached hydrogen (secondary N) is 1. The van der Waals surface area contributed by atoms with Gasteiger partial charge in [-0.1, -0.05) is 11.3 Å². The molecule has 5 nitrogen and oxygen atoms in total. The van der Waals surface area contributed by atoms with Gasteiger partial charge >= 0.3 is 0 Å². The van der Waals surface area contributed by atoms with Crippen LogP contribution in [0.15, 0.2) is 0 Å². The minimum atomic E-state index is 0.0512. The Labute approximate surface area is 104 Å². The fourth-order valence-electron chi connectivity index (χ4n) is 1.80. The summed E-state index contributed by atoms with van der Waals surface area (Å²) in [6.45, 7) is 5.44. The number of aromatic nitrogens is 1. The predicted octanol–water partition coefficient (Wildman–Crippen LogP) is 0.980. The summed E-state index contributed by atoms with van der Waals surface area (Å²) in [7, 11) is 0. The van der Waals surface area contributed by atoms with Crippen LogP contribution < -0.4 is 10.2 Å². The molecule has 1 fully saturated rings. The predicted molar refractivity (Wildman–Crippen MR) is 66.7 cm³/mol. The molecule has 0 radical (unpaired) electrons. The van der Waals surface area contributed by atoms with Crippen LogP contribution in [-0.4, -0.2) is 36.3 Å². The van der Waals surface area contributed by atoms with Gasteiger partial charge in [0, 0.05) is 33.0 Å². The fourth-order valence-corrected chi connectivity index (χ4v) is 2.82. The minimum absolute atomic E-state index is 0.0512. The molecule has 17 heavy (non-hydrogen) atoms. The molecule has 1 aliphatic heterocycles. The second-order valence-electron chi connectivity index (χ2n) is 4.05. The van der Waals surface area contributed by atoms with E-state index in [9.17, 15) is 9.59 Å². The zero-order chi connectivity index (χ0) is 12.4. The molecule has 0 aromatic carbocycles. The summed E-state index contributed by atoms with van der Waals surface area (Å²) in [5.41, 5.74) is 0.779. The van der Waals surface area contributed by atoms with Crippen molar-refractivity contribution in [3.8, 4) is 0 Å². The second-order valence-corrected chi connectivity index (χ2v) is 5.03. The molecule has 1 aliphatic rings. The van der Waals surface area contributed by atoms with Gasteiger partial charge in [-0.2, -0.15) is 0 Å².